The molecule has 1 aromatic heterocycles. The van der Waals surface area contributed by atoms with Crippen molar-refractivity contribution in [3.63, 3.8) is 0 Å². The van der Waals surface area contributed by atoms with Gasteiger partial charge in [0, 0.05) is 0 Å². The van der Waals surface area contributed by atoms with E-state index in [1.165, 1.54) is 0 Å². The minimum Gasteiger partial charge on any atom is -0.476 e. The number of aromatic carboxylic acids is 1. The molecule has 0 radical (unpaired) electrons. The van der Waals surface area contributed by atoms with E-state index in [0.717, 1.165) is 0 Å². The van der Waals surface area contributed by atoms with Gasteiger partial charge in [-0.2, -0.15) is 0 Å². The number of hydrogen-bond acceptors (Lipinski definition) is 3. The van der Waals surface area contributed by atoms with E-state index >= 15 is 0 Å². The summed E-state index contributed by atoms with van der Waals surface area (Å²) >= 11 is 4.53. The van der Waals surface area contributed by atoms with Gasteiger partial charge in [-0.05, 0) is 0 Å². The van der Waals surface area contributed by atoms with Crippen molar-refractivity contribution in [1.82, 2.24) is 15.4 Å². The van der Waals surface area contributed by atoms with Crippen molar-refractivity contribution in [1.29, 1.82) is 0 Å². The summed E-state index contributed by atoms with van der Waals surface area (Å²) in [7, 11) is 0. The molecule has 48 valence electrons. The van der Waals surface area contributed by atoms with E-state index in [9.17, 15) is 4.79 Å². The van der Waals surface area contributed by atoms with E-state index in [-0.39, 0.29) is 99.0 Å². The van der Waals surface area contributed by atoms with Gasteiger partial charge < -0.3 is 5.11 Å². The Morgan fingerprint density at radius 2 is 1.92 bits per heavy atom. The van der Waals surface area contributed by atoms with Crippen LogP contribution in [0.1, 0.15) is 10.5 Å². The molecular formula is C3H3N3Na3O2S+3. The maximum absolute atomic E-state index is 10.1. The molecule has 0 aliphatic rings. The molecule has 0 atom stereocenters. The monoisotopic (exact) mass is 214 g/mol. The van der Waals surface area contributed by atoms with Gasteiger partial charge in [-0.25, -0.2) is 10.0 Å². The molecule has 3 N–H and O–H groups in total. The van der Waals surface area contributed by atoms with Crippen LogP contribution < -0.4 is 88.7 Å². The third-order valence-electron chi connectivity index (χ3n) is 0.755. The average Bonchev–Trinajstić information content (AvgIpc) is 2.13. The van der Waals surface area contributed by atoms with Crippen molar-refractivity contribution in [2.24, 2.45) is 0 Å². The molecule has 0 saturated heterocycles. The number of carboxylic acids is 1. The molecule has 9 heteroatoms. The van der Waals surface area contributed by atoms with Gasteiger partial charge >= 0.3 is 94.6 Å². The molecule has 0 bridgehead atoms. The first-order valence-corrected chi connectivity index (χ1v) is 2.49. The minimum absolute atomic E-state index is 0. The Morgan fingerprint density at radius 3 is 2.08 bits per heavy atom. The van der Waals surface area contributed by atoms with Crippen molar-refractivity contribution in [3.8, 4) is 0 Å². The molecule has 0 spiro atoms. The van der Waals surface area contributed by atoms with Crippen LogP contribution in [0.4, 0.5) is 0 Å². The largest absolute Gasteiger partial charge is 1.00 e. The second-order valence-corrected chi connectivity index (χ2v) is 1.74. The Kier molecular flexibility index (Phi) is 15.2. The molecule has 0 amide bonds. The third-order valence-corrected chi connectivity index (χ3v) is 1.05. The number of aromatic amines is 2. The summed E-state index contributed by atoms with van der Waals surface area (Å²) < 4.78 is 0.113. The van der Waals surface area contributed by atoms with E-state index in [1.807, 2.05) is 0 Å². The maximum atomic E-state index is 10.1. The van der Waals surface area contributed by atoms with Crippen molar-refractivity contribution in [2.45, 2.75) is 0 Å². The molecule has 0 saturated carbocycles. The molecule has 12 heavy (non-hydrogen) atoms. The first-order chi connectivity index (χ1) is 4.22. The van der Waals surface area contributed by atoms with Gasteiger partial charge in [-0.1, -0.05) is 12.2 Å². The summed E-state index contributed by atoms with van der Waals surface area (Å²) in [5.41, 5.74) is -0.148. The van der Waals surface area contributed by atoms with Gasteiger partial charge in [0.05, 0.1) is 0 Å². The zero-order valence-electron chi connectivity index (χ0n) is 7.21. The fourth-order valence-corrected chi connectivity index (χ4v) is 0.568. The molecule has 0 aromatic carbocycles. The van der Waals surface area contributed by atoms with Gasteiger partial charge in [0.2, 0.25) is 5.69 Å². The van der Waals surface area contributed by atoms with Crippen molar-refractivity contribution < 1.29 is 98.6 Å². The van der Waals surface area contributed by atoms with Gasteiger partial charge in [0.1, 0.15) is 0 Å². The Bertz CT molecular complexity index is 284. The first kappa shape index (κ1) is 19.4. The quantitative estimate of drug-likeness (QED) is 0.320. The Hall–Kier alpha value is 1.83. The molecule has 1 aromatic rings. The smallest absolute Gasteiger partial charge is 0.476 e. The Labute approximate surface area is 140 Å². The molecular weight excluding hydrogens is 211 g/mol. The van der Waals surface area contributed by atoms with Crippen LogP contribution in [-0.4, -0.2) is 26.5 Å². The van der Waals surface area contributed by atoms with Gasteiger partial charge in [-0.15, -0.1) is 5.10 Å². The number of rotatable bonds is 1. The van der Waals surface area contributed by atoms with Crippen LogP contribution in [0, 0.1) is 4.64 Å². The van der Waals surface area contributed by atoms with Crippen LogP contribution in [0.25, 0.3) is 0 Å². The average molecular weight is 214 g/mol. The summed E-state index contributed by atoms with van der Waals surface area (Å²) in [6, 6.07) is 0. The Balaban J connectivity index is -0.000000270. The normalized spacial score (nSPS) is 7.00. The molecule has 5 nitrogen and oxygen atoms in total. The number of aromatic nitrogens is 3. The van der Waals surface area contributed by atoms with E-state index in [1.54, 1.807) is 0 Å². The molecule has 0 aliphatic heterocycles. The molecule has 0 aliphatic carbocycles. The van der Waals surface area contributed by atoms with Crippen molar-refractivity contribution in [3.05, 3.63) is 10.3 Å². The molecule has 0 fully saturated rings. The summed E-state index contributed by atoms with van der Waals surface area (Å²) in [6.45, 7) is 0. The second-order valence-electron chi connectivity index (χ2n) is 1.33. The summed E-state index contributed by atoms with van der Waals surface area (Å²) in [5.74, 6) is -1.13. The molecule has 0 unspecified atom stereocenters. The summed E-state index contributed by atoms with van der Waals surface area (Å²) in [4.78, 5) is 10.1. The standard InChI is InChI=1S/C3H3N3O2S.3Na/c7-3(8)1-2(9)5-6-4-1;;;/h(H,7,8)(H2,4,5,6,9);;;/q;3*+1. The van der Waals surface area contributed by atoms with Gasteiger partial charge in [0.25, 0.3) is 0 Å². The maximum Gasteiger partial charge on any atom is 1.00 e. The van der Waals surface area contributed by atoms with Gasteiger partial charge in [0.15, 0.2) is 4.64 Å². The minimum atomic E-state index is -1.13. The molecule has 1 heterocycles. The summed E-state index contributed by atoms with van der Waals surface area (Å²) in [5, 5.41) is 16.2. The van der Waals surface area contributed by atoms with E-state index in [4.69, 9.17) is 5.11 Å². The number of hydrogen-bond donors (Lipinski definition) is 3. The number of carbonyl (C=O) groups is 1. The topological polar surface area (TPSA) is 81.8 Å². The van der Waals surface area contributed by atoms with Gasteiger partial charge in [-0.3, -0.25) is 5.10 Å². The summed E-state index contributed by atoms with van der Waals surface area (Å²) in [6.07, 6.45) is 0. The first-order valence-electron chi connectivity index (χ1n) is 2.08. The van der Waals surface area contributed by atoms with Crippen molar-refractivity contribution >= 4 is 18.2 Å². The van der Waals surface area contributed by atoms with E-state index in [2.05, 4.69) is 27.6 Å². The zero-order valence-corrected chi connectivity index (χ0v) is 14.0. The predicted octanol–water partition coefficient (Wildman–Crippen LogP) is -8.82. The van der Waals surface area contributed by atoms with Crippen LogP contribution in [0.5, 0.6) is 0 Å². The number of H-pyrrole nitrogens is 2. The third kappa shape index (κ3) is 5.54. The predicted molar refractivity (Wildman–Crippen MR) is 30.7 cm³/mol. The number of nitrogens with one attached hydrogen (secondary N) is 2. The van der Waals surface area contributed by atoms with Crippen molar-refractivity contribution in [2.75, 3.05) is 0 Å². The number of carboxylic acid groups (broad SMARTS) is 1. The van der Waals surface area contributed by atoms with E-state index in [0.29, 0.717) is 0 Å². The Morgan fingerprint density at radius 1 is 1.42 bits per heavy atom. The second kappa shape index (κ2) is 9.39. The van der Waals surface area contributed by atoms with Crippen LogP contribution in [0.3, 0.4) is 0 Å². The fourth-order valence-electron chi connectivity index (χ4n) is 0.390. The fraction of sp³-hybridized carbons (Fsp3) is 0. The van der Waals surface area contributed by atoms with Crippen LogP contribution >= 0.6 is 12.2 Å². The van der Waals surface area contributed by atoms with E-state index < -0.39 is 5.97 Å². The molecule has 1 rings (SSSR count). The van der Waals surface area contributed by atoms with Crippen LogP contribution in [0.15, 0.2) is 0 Å². The zero-order chi connectivity index (χ0) is 6.85. The SMILES string of the molecule is O=C(O)c1n[nH][nH]c1=S.[Na+].[Na+].[Na+]. The van der Waals surface area contributed by atoms with Crippen LogP contribution in [0.2, 0.25) is 0 Å². The van der Waals surface area contributed by atoms with Crippen LogP contribution in [-0.2, 0) is 0 Å². The number of nitrogens with zero attached hydrogens (tertiary/aromatic N) is 1.